The number of hydrogen-bond acceptors (Lipinski definition) is 4. The van der Waals surface area contributed by atoms with Gasteiger partial charge < -0.3 is 4.90 Å². The highest BCUT2D eigenvalue weighted by Crippen LogP contribution is 2.29. The standard InChI is InChI=1S/C11H12BrN3S/c12-8-2-1-4-15(6-8)10-9-3-5-16-11(9)14-7-13-10/h3,5,7-8H,1-2,4,6H2. The Morgan fingerprint density at radius 3 is 3.25 bits per heavy atom. The molecule has 0 amide bonds. The van der Waals surface area contributed by atoms with Crippen LogP contribution in [-0.2, 0) is 0 Å². The number of halogens is 1. The molecular weight excluding hydrogens is 286 g/mol. The molecule has 1 fully saturated rings. The highest BCUT2D eigenvalue weighted by molar-refractivity contribution is 9.09. The van der Waals surface area contributed by atoms with Crippen LogP contribution in [0.2, 0.25) is 0 Å². The molecule has 0 aromatic carbocycles. The molecule has 2 aromatic heterocycles. The molecule has 0 N–H and O–H groups in total. The van der Waals surface area contributed by atoms with E-state index in [9.17, 15) is 0 Å². The molecule has 1 saturated heterocycles. The summed E-state index contributed by atoms with van der Waals surface area (Å²) in [4.78, 5) is 12.8. The van der Waals surface area contributed by atoms with Gasteiger partial charge in [0.15, 0.2) is 0 Å². The fraction of sp³-hybridized carbons (Fsp3) is 0.455. The Morgan fingerprint density at radius 1 is 1.44 bits per heavy atom. The van der Waals surface area contributed by atoms with Gasteiger partial charge >= 0.3 is 0 Å². The first-order valence-electron chi connectivity index (χ1n) is 5.42. The summed E-state index contributed by atoms with van der Waals surface area (Å²) in [6.45, 7) is 2.14. The topological polar surface area (TPSA) is 29.0 Å². The summed E-state index contributed by atoms with van der Waals surface area (Å²) in [6.07, 6.45) is 4.16. The lowest BCUT2D eigenvalue weighted by atomic mass is 10.1. The molecule has 1 aliphatic heterocycles. The van der Waals surface area contributed by atoms with E-state index in [0.717, 1.165) is 23.7 Å². The van der Waals surface area contributed by atoms with Crippen LogP contribution in [0.3, 0.4) is 0 Å². The van der Waals surface area contributed by atoms with Crippen molar-refractivity contribution in [2.45, 2.75) is 17.7 Å². The molecule has 0 bridgehead atoms. The van der Waals surface area contributed by atoms with Crippen molar-refractivity contribution in [3.8, 4) is 0 Å². The molecule has 3 rings (SSSR count). The normalized spacial score (nSPS) is 21.6. The van der Waals surface area contributed by atoms with Gasteiger partial charge in [-0.2, -0.15) is 0 Å². The number of piperidine rings is 1. The van der Waals surface area contributed by atoms with Crippen molar-refractivity contribution in [2.75, 3.05) is 18.0 Å². The Balaban J connectivity index is 2.01. The Morgan fingerprint density at radius 2 is 2.38 bits per heavy atom. The van der Waals surface area contributed by atoms with Gasteiger partial charge in [0.1, 0.15) is 17.0 Å². The van der Waals surface area contributed by atoms with Crippen molar-refractivity contribution in [1.82, 2.24) is 9.97 Å². The van der Waals surface area contributed by atoms with Gasteiger partial charge in [0.05, 0.1) is 5.39 Å². The van der Waals surface area contributed by atoms with Crippen LogP contribution in [0.1, 0.15) is 12.8 Å². The number of nitrogens with zero attached hydrogens (tertiary/aromatic N) is 3. The molecule has 3 nitrogen and oxygen atoms in total. The molecule has 2 aromatic rings. The fourth-order valence-corrected chi connectivity index (χ4v) is 3.55. The lowest BCUT2D eigenvalue weighted by molar-refractivity contribution is 0.592. The molecule has 1 atom stereocenters. The van der Waals surface area contributed by atoms with Crippen molar-refractivity contribution >= 4 is 43.3 Å². The zero-order chi connectivity index (χ0) is 11.0. The van der Waals surface area contributed by atoms with E-state index in [-0.39, 0.29) is 0 Å². The van der Waals surface area contributed by atoms with Gasteiger partial charge in [-0.05, 0) is 24.3 Å². The van der Waals surface area contributed by atoms with Crippen LogP contribution in [-0.4, -0.2) is 27.9 Å². The van der Waals surface area contributed by atoms with Gasteiger partial charge in [-0.15, -0.1) is 11.3 Å². The van der Waals surface area contributed by atoms with Gasteiger partial charge in [-0.3, -0.25) is 0 Å². The number of rotatable bonds is 1. The summed E-state index contributed by atoms with van der Waals surface area (Å²) in [5.74, 6) is 1.09. The first-order valence-corrected chi connectivity index (χ1v) is 7.21. The Bertz CT molecular complexity index is 499. The maximum atomic E-state index is 4.44. The Kier molecular flexibility index (Phi) is 2.81. The van der Waals surface area contributed by atoms with Crippen LogP contribution < -0.4 is 4.90 Å². The Labute approximate surface area is 107 Å². The minimum Gasteiger partial charge on any atom is -0.355 e. The lowest BCUT2D eigenvalue weighted by Gasteiger charge is -2.31. The van der Waals surface area contributed by atoms with Gasteiger partial charge in [0.2, 0.25) is 0 Å². The lowest BCUT2D eigenvalue weighted by Crippen LogP contribution is -2.36. The van der Waals surface area contributed by atoms with Crippen molar-refractivity contribution < 1.29 is 0 Å². The molecule has 0 saturated carbocycles. The first-order chi connectivity index (χ1) is 7.84. The second kappa shape index (κ2) is 4.30. The highest BCUT2D eigenvalue weighted by atomic mass is 79.9. The summed E-state index contributed by atoms with van der Waals surface area (Å²) in [5.41, 5.74) is 0. The average Bonchev–Trinajstić information content (AvgIpc) is 2.76. The number of hydrogen-bond donors (Lipinski definition) is 0. The van der Waals surface area contributed by atoms with Crippen molar-refractivity contribution in [2.24, 2.45) is 0 Å². The van der Waals surface area contributed by atoms with Crippen molar-refractivity contribution in [3.05, 3.63) is 17.8 Å². The van der Waals surface area contributed by atoms with Gasteiger partial charge in [-0.25, -0.2) is 9.97 Å². The number of alkyl halides is 1. The molecule has 16 heavy (non-hydrogen) atoms. The second-order valence-electron chi connectivity index (χ2n) is 4.02. The van der Waals surface area contributed by atoms with Crippen LogP contribution in [0.5, 0.6) is 0 Å². The molecule has 0 aliphatic carbocycles. The van der Waals surface area contributed by atoms with E-state index in [1.165, 1.54) is 18.2 Å². The van der Waals surface area contributed by atoms with Gasteiger partial charge in [-0.1, -0.05) is 15.9 Å². The summed E-state index contributed by atoms with van der Waals surface area (Å²) in [5, 5.41) is 3.27. The average molecular weight is 298 g/mol. The van der Waals surface area contributed by atoms with Crippen LogP contribution in [0.25, 0.3) is 10.2 Å². The predicted octanol–water partition coefficient (Wildman–Crippen LogP) is 3.06. The summed E-state index contributed by atoms with van der Waals surface area (Å²) < 4.78 is 0. The summed E-state index contributed by atoms with van der Waals surface area (Å²) in [7, 11) is 0. The van der Waals surface area contributed by atoms with E-state index < -0.39 is 0 Å². The van der Waals surface area contributed by atoms with Crippen LogP contribution in [0.4, 0.5) is 5.82 Å². The minimum absolute atomic E-state index is 0.588. The minimum atomic E-state index is 0.588. The van der Waals surface area contributed by atoms with Gasteiger partial charge in [0.25, 0.3) is 0 Å². The van der Waals surface area contributed by atoms with Crippen LogP contribution in [0.15, 0.2) is 17.8 Å². The SMILES string of the molecule is BrC1CCCN(c2ncnc3sccc23)C1. The highest BCUT2D eigenvalue weighted by Gasteiger charge is 2.20. The molecule has 5 heteroatoms. The molecule has 3 heterocycles. The largest absolute Gasteiger partial charge is 0.355 e. The summed E-state index contributed by atoms with van der Waals surface area (Å²) >= 11 is 5.38. The van der Waals surface area contributed by atoms with Crippen LogP contribution in [0, 0.1) is 0 Å². The van der Waals surface area contributed by atoms with E-state index in [2.05, 4.69) is 42.2 Å². The predicted molar refractivity (Wildman–Crippen MR) is 71.6 cm³/mol. The van der Waals surface area contributed by atoms with Crippen LogP contribution >= 0.6 is 27.3 Å². The smallest absolute Gasteiger partial charge is 0.140 e. The zero-order valence-corrected chi connectivity index (χ0v) is 11.2. The van der Waals surface area contributed by atoms with Crippen molar-refractivity contribution in [3.63, 3.8) is 0 Å². The number of aromatic nitrogens is 2. The van der Waals surface area contributed by atoms with E-state index in [1.807, 2.05) is 0 Å². The third-order valence-electron chi connectivity index (χ3n) is 2.90. The maximum absolute atomic E-state index is 4.44. The molecule has 0 radical (unpaired) electrons. The molecule has 84 valence electrons. The molecule has 1 aliphatic rings. The first kappa shape index (κ1) is 10.5. The van der Waals surface area contributed by atoms with E-state index in [4.69, 9.17) is 0 Å². The Hall–Kier alpha value is -0.680. The molecule has 1 unspecified atom stereocenters. The monoisotopic (exact) mass is 297 g/mol. The number of thiophene rings is 1. The summed E-state index contributed by atoms with van der Waals surface area (Å²) in [6, 6.07) is 2.12. The van der Waals surface area contributed by atoms with E-state index >= 15 is 0 Å². The number of fused-ring (bicyclic) bond motifs is 1. The quantitative estimate of drug-likeness (QED) is 0.758. The van der Waals surface area contributed by atoms with Crippen molar-refractivity contribution in [1.29, 1.82) is 0 Å². The molecular formula is C11H12BrN3S. The fourth-order valence-electron chi connectivity index (χ4n) is 2.15. The second-order valence-corrected chi connectivity index (χ2v) is 6.21. The third kappa shape index (κ3) is 1.82. The van der Waals surface area contributed by atoms with Gasteiger partial charge in [0, 0.05) is 17.9 Å². The van der Waals surface area contributed by atoms with E-state index in [0.29, 0.717) is 4.83 Å². The third-order valence-corrected chi connectivity index (χ3v) is 4.47. The molecule has 0 spiro atoms. The maximum Gasteiger partial charge on any atom is 0.140 e. The number of anilines is 1. The van der Waals surface area contributed by atoms with E-state index in [1.54, 1.807) is 17.7 Å². The zero-order valence-electron chi connectivity index (χ0n) is 8.77.